The zero-order valence-corrected chi connectivity index (χ0v) is 20.3. The van der Waals surface area contributed by atoms with E-state index in [1.807, 2.05) is 23.1 Å². The van der Waals surface area contributed by atoms with E-state index in [1.54, 1.807) is 0 Å². The molecule has 4 heterocycles. The molecule has 1 aliphatic heterocycles. The lowest BCUT2D eigenvalue weighted by Gasteiger charge is -2.21. The first kappa shape index (κ1) is 24.6. The summed E-state index contributed by atoms with van der Waals surface area (Å²) in [5, 5.41) is 4.32. The largest absolute Gasteiger partial charge is 0.381 e. The number of alkyl halides is 2. The van der Waals surface area contributed by atoms with E-state index in [0.717, 1.165) is 24.9 Å². The minimum Gasteiger partial charge on any atom is -0.381 e. The van der Waals surface area contributed by atoms with Crippen LogP contribution in [0.3, 0.4) is 0 Å². The van der Waals surface area contributed by atoms with E-state index >= 15 is 0 Å². The standard InChI is InChI=1S/C19H16ClF3N4O.C6H8N2/c1-9-14(17(22)23)25-16-15(12-3-2-11(20)8-13(12)21)26-18(27-19(16)24-9)10-4-6-28-7-5-10;1-4-7-8(5-1)6-2-3-6/h2-3,8,10,17H,4-7H2,1H3;1,4-6H,2-3H2. The van der Waals surface area contributed by atoms with Crippen molar-refractivity contribution in [2.75, 3.05) is 13.2 Å². The Morgan fingerprint density at radius 2 is 1.83 bits per heavy atom. The molecule has 36 heavy (non-hydrogen) atoms. The van der Waals surface area contributed by atoms with Crippen molar-refractivity contribution in [1.82, 2.24) is 29.7 Å². The number of hydrogen-bond acceptors (Lipinski definition) is 6. The third kappa shape index (κ3) is 5.34. The number of rotatable bonds is 4. The van der Waals surface area contributed by atoms with Crippen molar-refractivity contribution in [2.24, 2.45) is 0 Å². The molecule has 188 valence electrons. The lowest BCUT2D eigenvalue weighted by molar-refractivity contribution is 0.0836. The zero-order chi connectivity index (χ0) is 25.2. The summed E-state index contributed by atoms with van der Waals surface area (Å²) in [4.78, 5) is 17.2. The molecular formula is C25H24ClF3N6O. The van der Waals surface area contributed by atoms with Gasteiger partial charge in [0, 0.05) is 42.1 Å². The van der Waals surface area contributed by atoms with Crippen molar-refractivity contribution in [1.29, 1.82) is 0 Å². The first-order valence-electron chi connectivity index (χ1n) is 11.8. The van der Waals surface area contributed by atoms with Crippen LogP contribution in [0.5, 0.6) is 0 Å². The third-order valence-corrected chi connectivity index (χ3v) is 6.42. The molecule has 0 radical (unpaired) electrons. The Bertz CT molecular complexity index is 1360. The number of benzene rings is 1. The molecule has 0 spiro atoms. The highest BCUT2D eigenvalue weighted by Crippen LogP contribution is 2.34. The number of ether oxygens (including phenoxy) is 1. The highest BCUT2D eigenvalue weighted by Gasteiger charge is 2.25. The van der Waals surface area contributed by atoms with Crippen molar-refractivity contribution < 1.29 is 17.9 Å². The fourth-order valence-corrected chi connectivity index (χ4v) is 4.27. The topological polar surface area (TPSA) is 78.6 Å². The highest BCUT2D eigenvalue weighted by atomic mass is 35.5. The van der Waals surface area contributed by atoms with E-state index in [-0.39, 0.29) is 39.1 Å². The third-order valence-electron chi connectivity index (χ3n) is 6.18. The maximum absolute atomic E-state index is 14.6. The van der Waals surface area contributed by atoms with Crippen LogP contribution in [-0.4, -0.2) is 42.9 Å². The normalized spacial score (nSPS) is 16.3. The average molecular weight is 517 g/mol. The van der Waals surface area contributed by atoms with Crippen molar-refractivity contribution in [3.8, 4) is 11.3 Å². The van der Waals surface area contributed by atoms with Crippen molar-refractivity contribution in [2.45, 2.75) is 51.0 Å². The van der Waals surface area contributed by atoms with Crippen LogP contribution >= 0.6 is 11.6 Å². The Kier molecular flexibility index (Phi) is 7.15. The van der Waals surface area contributed by atoms with Gasteiger partial charge >= 0.3 is 0 Å². The predicted octanol–water partition coefficient (Wildman–Crippen LogP) is 6.24. The maximum atomic E-state index is 14.6. The lowest BCUT2D eigenvalue weighted by atomic mass is 9.99. The molecule has 1 aromatic carbocycles. The van der Waals surface area contributed by atoms with E-state index in [2.05, 4.69) is 25.0 Å². The summed E-state index contributed by atoms with van der Waals surface area (Å²) >= 11 is 5.85. The molecule has 1 saturated carbocycles. The van der Waals surface area contributed by atoms with Crippen molar-refractivity contribution in [3.05, 3.63) is 64.7 Å². The summed E-state index contributed by atoms with van der Waals surface area (Å²) in [5.74, 6) is -0.116. The van der Waals surface area contributed by atoms with Crippen LogP contribution in [0.15, 0.2) is 36.7 Å². The maximum Gasteiger partial charge on any atom is 0.282 e. The van der Waals surface area contributed by atoms with Gasteiger partial charge in [-0.2, -0.15) is 5.10 Å². The van der Waals surface area contributed by atoms with Gasteiger partial charge in [-0.3, -0.25) is 4.68 Å². The van der Waals surface area contributed by atoms with Gasteiger partial charge in [-0.15, -0.1) is 0 Å². The van der Waals surface area contributed by atoms with Gasteiger partial charge in [0.15, 0.2) is 5.65 Å². The first-order chi connectivity index (χ1) is 17.4. The summed E-state index contributed by atoms with van der Waals surface area (Å²) in [6, 6.07) is 6.83. The smallest absolute Gasteiger partial charge is 0.282 e. The fourth-order valence-electron chi connectivity index (χ4n) is 4.11. The van der Waals surface area contributed by atoms with E-state index in [9.17, 15) is 13.2 Å². The molecule has 0 bridgehead atoms. The Balaban J connectivity index is 0.000000280. The Hall–Kier alpha value is -3.11. The van der Waals surface area contributed by atoms with Crippen LogP contribution < -0.4 is 0 Å². The molecule has 2 fully saturated rings. The monoisotopic (exact) mass is 516 g/mol. The first-order valence-corrected chi connectivity index (χ1v) is 12.1. The van der Waals surface area contributed by atoms with Crippen LogP contribution in [0.1, 0.15) is 61.3 Å². The molecule has 0 unspecified atom stereocenters. The summed E-state index contributed by atoms with van der Waals surface area (Å²) in [5.41, 5.74) is 0.0754. The second-order valence-electron chi connectivity index (χ2n) is 8.83. The molecule has 3 aromatic heterocycles. The summed E-state index contributed by atoms with van der Waals surface area (Å²) in [6.45, 7) is 2.60. The number of nitrogens with zero attached hydrogens (tertiary/aromatic N) is 6. The van der Waals surface area contributed by atoms with Gasteiger partial charge < -0.3 is 4.74 Å². The Labute approximate surface area is 210 Å². The molecule has 2 aliphatic rings. The molecule has 1 saturated heterocycles. The fraction of sp³-hybridized carbons (Fsp3) is 0.400. The second-order valence-corrected chi connectivity index (χ2v) is 9.26. The number of hydrogen-bond donors (Lipinski definition) is 0. The van der Waals surface area contributed by atoms with Crippen LogP contribution in [0, 0.1) is 12.7 Å². The molecule has 4 aromatic rings. The van der Waals surface area contributed by atoms with E-state index in [4.69, 9.17) is 16.3 Å². The number of fused-ring (bicyclic) bond motifs is 1. The van der Waals surface area contributed by atoms with Crippen LogP contribution in [0.25, 0.3) is 22.4 Å². The van der Waals surface area contributed by atoms with Gasteiger partial charge in [0.05, 0.1) is 11.7 Å². The van der Waals surface area contributed by atoms with E-state index < -0.39 is 17.9 Å². The number of aryl methyl sites for hydroxylation is 1. The number of aromatic nitrogens is 6. The summed E-state index contributed by atoms with van der Waals surface area (Å²) in [6.07, 6.45) is 5.12. The molecule has 1 aliphatic carbocycles. The van der Waals surface area contributed by atoms with Gasteiger partial charge in [-0.1, -0.05) is 11.6 Å². The van der Waals surface area contributed by atoms with Gasteiger partial charge in [0.1, 0.15) is 28.5 Å². The minimum atomic E-state index is -2.81. The SMILES string of the molecule is Cc1nc2nc(C3CCOCC3)nc(-c3ccc(Cl)cc3F)c2nc1C(F)F.c1cnn(C2CC2)c1. The minimum absolute atomic E-state index is 0.0177. The van der Waals surface area contributed by atoms with Crippen LogP contribution in [0.2, 0.25) is 5.02 Å². The molecule has 7 nitrogen and oxygen atoms in total. The second kappa shape index (κ2) is 10.5. The molecule has 0 N–H and O–H groups in total. The van der Waals surface area contributed by atoms with E-state index in [1.165, 1.54) is 31.9 Å². The molecule has 11 heteroatoms. The molecule has 0 atom stereocenters. The van der Waals surface area contributed by atoms with Gasteiger partial charge in [-0.25, -0.2) is 33.1 Å². The molecule has 0 amide bonds. The Morgan fingerprint density at radius 1 is 1.06 bits per heavy atom. The molecule has 6 rings (SSSR count). The zero-order valence-electron chi connectivity index (χ0n) is 19.5. The van der Waals surface area contributed by atoms with E-state index in [0.29, 0.717) is 19.0 Å². The van der Waals surface area contributed by atoms with Crippen LogP contribution in [-0.2, 0) is 4.74 Å². The van der Waals surface area contributed by atoms with Crippen LogP contribution in [0.4, 0.5) is 13.2 Å². The van der Waals surface area contributed by atoms with Gasteiger partial charge in [-0.05, 0) is 56.9 Å². The summed E-state index contributed by atoms with van der Waals surface area (Å²) in [7, 11) is 0. The van der Waals surface area contributed by atoms with Crippen molar-refractivity contribution >= 4 is 22.8 Å². The quantitative estimate of drug-likeness (QED) is 0.319. The number of halogens is 4. The predicted molar refractivity (Wildman–Crippen MR) is 129 cm³/mol. The highest BCUT2D eigenvalue weighted by molar-refractivity contribution is 6.30. The Morgan fingerprint density at radius 3 is 2.47 bits per heavy atom. The van der Waals surface area contributed by atoms with Gasteiger partial charge in [0.25, 0.3) is 6.43 Å². The summed E-state index contributed by atoms with van der Waals surface area (Å²) < 4.78 is 48.7. The average Bonchev–Trinajstić information content (AvgIpc) is 3.57. The lowest BCUT2D eigenvalue weighted by Crippen LogP contribution is -2.17. The van der Waals surface area contributed by atoms with Crippen molar-refractivity contribution in [3.63, 3.8) is 0 Å². The molecular weight excluding hydrogens is 493 g/mol. The van der Waals surface area contributed by atoms with Gasteiger partial charge in [0.2, 0.25) is 0 Å².